The molecule has 26 heavy (non-hydrogen) atoms. The largest absolute Gasteiger partial charge is 0.434 e. The topological polar surface area (TPSA) is 38.4 Å². The first-order valence-corrected chi connectivity index (χ1v) is 8.63. The lowest BCUT2D eigenvalue weighted by Gasteiger charge is -2.28. The van der Waals surface area contributed by atoms with Gasteiger partial charge in [0.1, 0.15) is 11.5 Å². The van der Waals surface area contributed by atoms with E-state index in [1.165, 1.54) is 0 Å². The summed E-state index contributed by atoms with van der Waals surface area (Å²) in [4.78, 5) is 10.3. The van der Waals surface area contributed by atoms with Gasteiger partial charge in [-0.2, -0.15) is 13.2 Å². The molecule has 4 heterocycles. The highest BCUT2D eigenvalue weighted by molar-refractivity contribution is 5.39. The summed E-state index contributed by atoms with van der Waals surface area (Å²) < 4.78 is 42.2. The maximum Gasteiger partial charge on any atom is 0.434 e. The van der Waals surface area contributed by atoms with Gasteiger partial charge in [-0.25, -0.2) is 9.97 Å². The van der Waals surface area contributed by atoms with Crippen molar-refractivity contribution < 1.29 is 13.2 Å². The lowest BCUT2D eigenvalue weighted by molar-refractivity contribution is -0.141. The van der Waals surface area contributed by atoms with Crippen molar-refractivity contribution in [3.8, 4) is 0 Å². The molecule has 8 heteroatoms. The zero-order valence-electron chi connectivity index (χ0n) is 14.4. The Morgan fingerprint density at radius 2 is 2.15 bits per heavy atom. The number of nitrogens with zero attached hydrogens (tertiary/aromatic N) is 5. The van der Waals surface area contributed by atoms with Crippen LogP contribution in [0.1, 0.15) is 23.6 Å². The molecule has 0 saturated carbocycles. The summed E-state index contributed by atoms with van der Waals surface area (Å²) in [5, 5.41) is 0. The van der Waals surface area contributed by atoms with Crippen LogP contribution in [0, 0.1) is 5.92 Å². The minimum atomic E-state index is -4.37. The summed E-state index contributed by atoms with van der Waals surface area (Å²) in [6, 6.07) is 6.02. The van der Waals surface area contributed by atoms with Crippen LogP contribution in [0.25, 0.3) is 5.65 Å². The highest BCUT2D eigenvalue weighted by Crippen LogP contribution is 2.30. The Kier molecular flexibility index (Phi) is 4.22. The number of hydrogen-bond donors (Lipinski definition) is 0. The highest BCUT2D eigenvalue weighted by Gasteiger charge is 2.35. The van der Waals surface area contributed by atoms with Gasteiger partial charge in [0.05, 0.1) is 0 Å². The van der Waals surface area contributed by atoms with Crippen molar-refractivity contribution in [1.82, 2.24) is 23.8 Å². The van der Waals surface area contributed by atoms with E-state index in [-0.39, 0.29) is 0 Å². The zero-order valence-corrected chi connectivity index (χ0v) is 14.4. The minimum Gasteiger partial charge on any atom is -0.334 e. The smallest absolute Gasteiger partial charge is 0.334 e. The van der Waals surface area contributed by atoms with E-state index in [4.69, 9.17) is 0 Å². The van der Waals surface area contributed by atoms with Crippen LogP contribution in [0.5, 0.6) is 0 Å². The standard InChI is InChI=1S/C18H20F3N5/c1-24(11-14-3-2-4-16-22-7-8-26(14)16)9-13-5-6-17-23-15(18(19,20)21)12-25(17)10-13/h2-4,7-8,12-13H,5-6,9-11H2,1H3/t13-/m1/s1. The third-order valence-electron chi connectivity index (χ3n) is 4.90. The fourth-order valence-electron chi connectivity index (χ4n) is 3.72. The molecule has 0 N–H and O–H groups in total. The molecule has 1 aliphatic heterocycles. The van der Waals surface area contributed by atoms with Gasteiger partial charge in [-0.1, -0.05) is 6.07 Å². The SMILES string of the molecule is CN(Cc1cccc2nccn12)C[C@H]1CCc2nc(C(F)(F)F)cn2C1. The summed E-state index contributed by atoms with van der Waals surface area (Å²) in [5.41, 5.74) is 1.27. The summed E-state index contributed by atoms with van der Waals surface area (Å²) in [6.07, 6.45) is 1.93. The Balaban J connectivity index is 1.42. The molecule has 0 spiro atoms. The Hall–Kier alpha value is -2.35. The van der Waals surface area contributed by atoms with Crippen molar-refractivity contribution in [2.45, 2.75) is 32.1 Å². The van der Waals surface area contributed by atoms with Gasteiger partial charge >= 0.3 is 6.18 Å². The Labute approximate surface area is 149 Å². The summed E-state index contributed by atoms with van der Waals surface area (Å²) in [5.74, 6) is 0.851. The van der Waals surface area contributed by atoms with E-state index in [9.17, 15) is 13.2 Å². The number of fused-ring (bicyclic) bond motifs is 2. The number of hydrogen-bond acceptors (Lipinski definition) is 3. The molecule has 138 valence electrons. The highest BCUT2D eigenvalue weighted by atomic mass is 19.4. The molecule has 3 aromatic heterocycles. The monoisotopic (exact) mass is 363 g/mol. The molecule has 0 aromatic carbocycles. The molecule has 1 aliphatic rings. The Morgan fingerprint density at radius 1 is 1.31 bits per heavy atom. The molecule has 0 saturated heterocycles. The number of rotatable bonds is 4. The fraction of sp³-hybridized carbons (Fsp3) is 0.444. The van der Waals surface area contributed by atoms with E-state index >= 15 is 0 Å². The summed E-state index contributed by atoms with van der Waals surface area (Å²) in [6.45, 7) is 2.16. The molecule has 0 fully saturated rings. The second-order valence-corrected chi connectivity index (χ2v) is 6.97. The maximum atomic E-state index is 12.8. The predicted molar refractivity (Wildman–Crippen MR) is 90.6 cm³/mol. The summed E-state index contributed by atoms with van der Waals surface area (Å²) in [7, 11) is 2.04. The van der Waals surface area contributed by atoms with Crippen LogP contribution in [-0.4, -0.2) is 37.4 Å². The van der Waals surface area contributed by atoms with Crippen LogP contribution in [0.15, 0.2) is 36.8 Å². The molecular formula is C18H20F3N5. The van der Waals surface area contributed by atoms with Gasteiger partial charge in [-0.05, 0) is 31.5 Å². The van der Waals surface area contributed by atoms with Gasteiger partial charge in [0.2, 0.25) is 0 Å². The normalized spacial score (nSPS) is 17.8. The van der Waals surface area contributed by atoms with Crippen LogP contribution < -0.4 is 0 Å². The molecule has 0 radical (unpaired) electrons. The van der Waals surface area contributed by atoms with Gasteiger partial charge in [0.15, 0.2) is 5.69 Å². The van der Waals surface area contributed by atoms with E-state index in [0.717, 1.165) is 37.0 Å². The van der Waals surface area contributed by atoms with Crippen molar-refractivity contribution in [3.63, 3.8) is 0 Å². The van der Waals surface area contributed by atoms with Crippen molar-refractivity contribution in [3.05, 3.63) is 54.0 Å². The van der Waals surface area contributed by atoms with Crippen LogP contribution in [0.4, 0.5) is 13.2 Å². The van der Waals surface area contributed by atoms with E-state index in [1.54, 1.807) is 10.8 Å². The number of aromatic nitrogens is 4. The lowest BCUT2D eigenvalue weighted by Crippen LogP contribution is -2.31. The Morgan fingerprint density at radius 3 is 2.96 bits per heavy atom. The molecule has 0 bridgehead atoms. The molecule has 3 aromatic rings. The first kappa shape index (κ1) is 17.1. The van der Waals surface area contributed by atoms with Crippen molar-refractivity contribution in [2.75, 3.05) is 13.6 Å². The van der Waals surface area contributed by atoms with E-state index in [2.05, 4.69) is 25.3 Å². The second-order valence-electron chi connectivity index (χ2n) is 6.97. The number of imidazole rings is 2. The Bertz CT molecular complexity index is 911. The average Bonchev–Trinajstić information content (AvgIpc) is 3.20. The van der Waals surface area contributed by atoms with Crippen LogP contribution in [0.3, 0.4) is 0 Å². The fourth-order valence-corrected chi connectivity index (χ4v) is 3.72. The molecule has 0 unspecified atom stereocenters. The molecule has 0 aliphatic carbocycles. The van der Waals surface area contributed by atoms with E-state index in [1.807, 2.05) is 25.4 Å². The minimum absolute atomic E-state index is 0.310. The number of aryl methyl sites for hydroxylation is 1. The third-order valence-corrected chi connectivity index (χ3v) is 4.90. The van der Waals surface area contributed by atoms with Gasteiger partial charge in [-0.3, -0.25) is 0 Å². The quantitative estimate of drug-likeness (QED) is 0.714. The van der Waals surface area contributed by atoms with Crippen LogP contribution in [-0.2, 0) is 25.7 Å². The molecule has 0 amide bonds. The van der Waals surface area contributed by atoms with Gasteiger partial charge in [0, 0.05) is 50.3 Å². The third kappa shape index (κ3) is 3.33. The maximum absolute atomic E-state index is 12.8. The number of alkyl halides is 3. The average molecular weight is 363 g/mol. The van der Waals surface area contributed by atoms with Gasteiger partial charge in [-0.15, -0.1) is 0 Å². The van der Waals surface area contributed by atoms with Crippen molar-refractivity contribution in [2.24, 2.45) is 5.92 Å². The van der Waals surface area contributed by atoms with Gasteiger partial charge in [0.25, 0.3) is 0 Å². The van der Waals surface area contributed by atoms with Crippen LogP contribution in [0.2, 0.25) is 0 Å². The number of halogens is 3. The molecule has 5 nitrogen and oxygen atoms in total. The predicted octanol–water partition coefficient (Wildman–Crippen LogP) is 3.24. The lowest BCUT2D eigenvalue weighted by atomic mass is 9.99. The number of pyridine rings is 1. The zero-order chi connectivity index (χ0) is 18.3. The van der Waals surface area contributed by atoms with Gasteiger partial charge < -0.3 is 13.9 Å². The first-order valence-electron chi connectivity index (χ1n) is 8.63. The van der Waals surface area contributed by atoms with E-state index in [0.29, 0.717) is 24.7 Å². The molecule has 1 atom stereocenters. The molecule has 4 rings (SSSR count). The van der Waals surface area contributed by atoms with Crippen molar-refractivity contribution >= 4 is 5.65 Å². The summed E-state index contributed by atoms with van der Waals surface area (Å²) >= 11 is 0. The molecular weight excluding hydrogens is 343 g/mol. The van der Waals surface area contributed by atoms with E-state index < -0.39 is 11.9 Å². The van der Waals surface area contributed by atoms with Crippen LogP contribution >= 0.6 is 0 Å². The second kappa shape index (κ2) is 6.42. The van der Waals surface area contributed by atoms with Crippen molar-refractivity contribution in [1.29, 1.82) is 0 Å². The first-order chi connectivity index (χ1) is 12.4.